The summed E-state index contributed by atoms with van der Waals surface area (Å²) in [6, 6.07) is 7.69. The van der Waals surface area contributed by atoms with Gasteiger partial charge in [-0.3, -0.25) is 4.57 Å². The molecule has 0 atom stereocenters. The number of nitrogens with one attached hydrogen (secondary N) is 1. The molecule has 0 fully saturated rings. The summed E-state index contributed by atoms with van der Waals surface area (Å²) in [4.78, 5) is 3.78. The van der Waals surface area contributed by atoms with Gasteiger partial charge in [-0.25, -0.2) is 5.10 Å². The third kappa shape index (κ3) is 1.55. The highest BCUT2D eigenvalue weighted by Gasteiger charge is 2.36. The van der Waals surface area contributed by atoms with Crippen LogP contribution in [0, 0.1) is 0 Å². The van der Waals surface area contributed by atoms with Crippen LogP contribution in [0.25, 0.3) is 16.9 Å². The molecule has 0 saturated heterocycles. The third-order valence-electron chi connectivity index (χ3n) is 2.62. The van der Waals surface area contributed by atoms with Crippen molar-refractivity contribution in [2.24, 2.45) is 0 Å². The molecule has 0 spiro atoms. The summed E-state index contributed by atoms with van der Waals surface area (Å²) in [5.41, 5.74) is -0.345. The first kappa shape index (κ1) is 10.8. The Bertz CT molecular complexity index is 682. The van der Waals surface area contributed by atoms with Crippen molar-refractivity contribution in [3.05, 3.63) is 42.4 Å². The second-order valence-corrected chi connectivity index (χ2v) is 3.73. The van der Waals surface area contributed by atoms with Crippen molar-refractivity contribution >= 4 is 10.9 Å². The molecule has 4 nitrogen and oxygen atoms in total. The molecule has 2 aromatic heterocycles. The number of rotatable bonds is 1. The van der Waals surface area contributed by atoms with E-state index in [1.54, 1.807) is 24.3 Å². The van der Waals surface area contributed by atoms with Crippen LogP contribution in [0.3, 0.4) is 0 Å². The van der Waals surface area contributed by atoms with Crippen LogP contribution in [0.15, 0.2) is 36.7 Å². The van der Waals surface area contributed by atoms with Gasteiger partial charge in [-0.1, -0.05) is 18.2 Å². The second-order valence-electron chi connectivity index (χ2n) is 3.73. The van der Waals surface area contributed by atoms with Gasteiger partial charge in [0, 0.05) is 5.39 Å². The van der Waals surface area contributed by atoms with Gasteiger partial charge in [-0.2, -0.15) is 23.3 Å². The van der Waals surface area contributed by atoms with Crippen LogP contribution in [0.1, 0.15) is 5.69 Å². The summed E-state index contributed by atoms with van der Waals surface area (Å²) < 4.78 is 40.0. The maximum Gasteiger partial charge on any atom is 0.431 e. The molecule has 1 aromatic carbocycles. The van der Waals surface area contributed by atoms with Crippen LogP contribution in [0.5, 0.6) is 0 Å². The summed E-state index contributed by atoms with van der Waals surface area (Å²) >= 11 is 0. The highest BCUT2D eigenvalue weighted by Crippen LogP contribution is 2.35. The first-order chi connectivity index (χ1) is 8.57. The van der Waals surface area contributed by atoms with Gasteiger partial charge in [0.2, 0.25) is 5.95 Å². The van der Waals surface area contributed by atoms with Crippen LogP contribution in [0.4, 0.5) is 13.2 Å². The van der Waals surface area contributed by atoms with Crippen LogP contribution >= 0.6 is 0 Å². The van der Waals surface area contributed by atoms with Gasteiger partial charge in [0.25, 0.3) is 0 Å². The van der Waals surface area contributed by atoms with E-state index in [9.17, 15) is 13.2 Å². The molecule has 1 N–H and O–H groups in total. The van der Waals surface area contributed by atoms with Gasteiger partial charge in [0.15, 0.2) is 0 Å². The summed E-state index contributed by atoms with van der Waals surface area (Å²) in [7, 11) is 0. The van der Waals surface area contributed by atoms with Crippen LogP contribution in [0.2, 0.25) is 0 Å². The van der Waals surface area contributed by atoms with E-state index in [2.05, 4.69) is 15.2 Å². The van der Waals surface area contributed by atoms with Crippen molar-refractivity contribution in [1.29, 1.82) is 0 Å². The monoisotopic (exact) mass is 252 g/mol. The first-order valence-electron chi connectivity index (χ1n) is 5.11. The molecule has 0 radical (unpaired) electrons. The Balaban J connectivity index is 2.39. The maximum atomic E-state index is 13.0. The van der Waals surface area contributed by atoms with Crippen LogP contribution in [-0.4, -0.2) is 19.7 Å². The number of hydrogen-bond acceptors (Lipinski definition) is 2. The van der Waals surface area contributed by atoms with Crippen LogP contribution < -0.4 is 0 Å². The second kappa shape index (κ2) is 3.59. The highest BCUT2D eigenvalue weighted by molar-refractivity contribution is 5.82. The molecule has 0 saturated carbocycles. The van der Waals surface area contributed by atoms with Gasteiger partial charge in [-0.05, 0) is 12.1 Å². The Morgan fingerprint density at radius 3 is 2.61 bits per heavy atom. The minimum absolute atomic E-state index is 0.0449. The lowest BCUT2D eigenvalue weighted by atomic mass is 10.2. The Labute approximate surface area is 99.1 Å². The number of para-hydroxylation sites is 1. The molecule has 2 heterocycles. The van der Waals surface area contributed by atoms with Crippen LogP contribution in [-0.2, 0) is 6.18 Å². The number of aromatic amines is 1. The van der Waals surface area contributed by atoms with Gasteiger partial charge >= 0.3 is 6.18 Å². The van der Waals surface area contributed by atoms with Crippen molar-refractivity contribution in [1.82, 2.24) is 19.7 Å². The van der Waals surface area contributed by atoms with Gasteiger partial charge in [0.05, 0.1) is 5.52 Å². The molecule has 3 rings (SSSR count). The molecule has 0 aliphatic heterocycles. The number of halogens is 3. The minimum Gasteiger partial charge on any atom is -0.274 e. The van der Waals surface area contributed by atoms with Gasteiger partial charge < -0.3 is 0 Å². The molecule has 92 valence electrons. The van der Waals surface area contributed by atoms with Crippen molar-refractivity contribution in [2.75, 3.05) is 0 Å². The van der Waals surface area contributed by atoms with E-state index in [1.807, 2.05) is 0 Å². The largest absolute Gasteiger partial charge is 0.431 e. The molecule has 0 aliphatic carbocycles. The fourth-order valence-electron chi connectivity index (χ4n) is 1.90. The zero-order valence-electron chi connectivity index (χ0n) is 8.94. The minimum atomic E-state index is -4.45. The molecule has 0 unspecified atom stereocenters. The Morgan fingerprint density at radius 2 is 1.94 bits per heavy atom. The smallest absolute Gasteiger partial charge is 0.274 e. The fraction of sp³-hybridized carbons (Fsp3) is 0.0909. The Kier molecular flexibility index (Phi) is 2.16. The fourth-order valence-corrected chi connectivity index (χ4v) is 1.90. The predicted molar refractivity (Wildman–Crippen MR) is 58.2 cm³/mol. The molecule has 0 amide bonds. The molecule has 0 bridgehead atoms. The van der Waals surface area contributed by atoms with Gasteiger partial charge in [-0.15, -0.1) is 0 Å². The van der Waals surface area contributed by atoms with E-state index < -0.39 is 11.9 Å². The Hall–Kier alpha value is -2.31. The summed E-state index contributed by atoms with van der Waals surface area (Å²) in [6.07, 6.45) is -3.28. The summed E-state index contributed by atoms with van der Waals surface area (Å²) in [5, 5.41) is 6.53. The average Bonchev–Trinajstić information content (AvgIpc) is 2.94. The molecule has 0 aliphatic rings. The third-order valence-corrected chi connectivity index (χ3v) is 2.62. The molecule has 7 heteroatoms. The SMILES string of the molecule is FC(F)(F)c1cc2ccccc2n1-c1ncn[nH]1. The number of hydrogen-bond donors (Lipinski definition) is 1. The average molecular weight is 252 g/mol. The highest BCUT2D eigenvalue weighted by atomic mass is 19.4. The van der Waals surface area contributed by atoms with E-state index in [-0.39, 0.29) is 5.95 Å². The van der Waals surface area contributed by atoms with E-state index in [1.165, 1.54) is 6.33 Å². The number of alkyl halides is 3. The van der Waals surface area contributed by atoms with Crippen molar-refractivity contribution in [2.45, 2.75) is 6.18 Å². The summed E-state index contributed by atoms with van der Waals surface area (Å²) in [6.45, 7) is 0. The quantitative estimate of drug-likeness (QED) is 0.723. The van der Waals surface area contributed by atoms with Crippen molar-refractivity contribution in [3.63, 3.8) is 0 Å². The first-order valence-corrected chi connectivity index (χ1v) is 5.11. The molecule has 3 aromatic rings. The summed E-state index contributed by atoms with van der Waals surface area (Å²) in [5.74, 6) is 0.0449. The number of benzene rings is 1. The van der Waals surface area contributed by atoms with E-state index >= 15 is 0 Å². The normalized spacial score (nSPS) is 12.2. The van der Waals surface area contributed by atoms with E-state index in [4.69, 9.17) is 0 Å². The van der Waals surface area contributed by atoms with Gasteiger partial charge in [0.1, 0.15) is 12.0 Å². The van der Waals surface area contributed by atoms with Crippen molar-refractivity contribution in [3.8, 4) is 5.95 Å². The maximum absolute atomic E-state index is 13.0. The number of nitrogens with zero attached hydrogens (tertiary/aromatic N) is 3. The molecular formula is C11H7F3N4. The number of aromatic nitrogens is 4. The Morgan fingerprint density at radius 1 is 1.17 bits per heavy atom. The molecular weight excluding hydrogens is 245 g/mol. The van der Waals surface area contributed by atoms with E-state index in [0.29, 0.717) is 10.9 Å². The predicted octanol–water partition coefficient (Wildman–Crippen LogP) is 2.77. The number of fused-ring (bicyclic) bond motifs is 1. The van der Waals surface area contributed by atoms with Crippen molar-refractivity contribution < 1.29 is 13.2 Å². The zero-order chi connectivity index (χ0) is 12.8. The van der Waals surface area contributed by atoms with E-state index in [0.717, 1.165) is 10.6 Å². The zero-order valence-corrected chi connectivity index (χ0v) is 8.94. The lowest BCUT2D eigenvalue weighted by Gasteiger charge is -2.09. The molecule has 18 heavy (non-hydrogen) atoms. The standard InChI is InChI=1S/C11H7F3N4/c12-11(13,14)9-5-7-3-1-2-4-8(7)18(9)10-15-6-16-17-10/h1-6H,(H,15,16,17). The topological polar surface area (TPSA) is 46.5 Å². The number of H-pyrrole nitrogens is 1. The lowest BCUT2D eigenvalue weighted by Crippen LogP contribution is -2.13. The lowest BCUT2D eigenvalue weighted by molar-refractivity contribution is -0.142.